The lowest BCUT2D eigenvalue weighted by Crippen LogP contribution is -1.86. The van der Waals surface area contributed by atoms with Gasteiger partial charge in [-0.15, -0.1) is 12.4 Å². The van der Waals surface area contributed by atoms with Gasteiger partial charge in [-0.2, -0.15) is 4.89 Å². The molecule has 0 heterocycles. The van der Waals surface area contributed by atoms with E-state index in [0.717, 1.165) is 5.56 Å². The molecule has 12 heavy (non-hydrogen) atoms. The molecule has 0 bridgehead atoms. The summed E-state index contributed by atoms with van der Waals surface area (Å²) in [6.07, 6.45) is 1.05. The van der Waals surface area contributed by atoms with E-state index in [-0.39, 0.29) is 12.4 Å². The molecule has 0 aliphatic carbocycles. The highest BCUT2D eigenvalue weighted by molar-refractivity contribution is 7.37. The van der Waals surface area contributed by atoms with Crippen molar-refractivity contribution in [2.45, 2.75) is 6.42 Å². The minimum absolute atomic E-state index is 0. The topological polar surface area (TPSA) is 37.3 Å². The van der Waals surface area contributed by atoms with Gasteiger partial charge in [-0.05, 0) is 10.1 Å². The van der Waals surface area contributed by atoms with Crippen molar-refractivity contribution in [3.63, 3.8) is 0 Å². The second-order valence-corrected chi connectivity index (χ2v) is 3.46. The quantitative estimate of drug-likeness (QED) is 0.770. The summed E-state index contributed by atoms with van der Waals surface area (Å²) in [5.74, 6) is 0. The zero-order valence-corrected chi connectivity index (χ0v) is 8.22. The van der Waals surface area contributed by atoms with Crippen molar-refractivity contribution in [1.29, 1.82) is 0 Å². The highest BCUT2D eigenvalue weighted by Crippen LogP contribution is 2.14. The predicted molar refractivity (Wildman–Crippen MR) is 52.1 cm³/mol. The summed E-state index contributed by atoms with van der Waals surface area (Å²) in [6.45, 7) is 0. The largest absolute Gasteiger partial charge is 0.505 e. The van der Waals surface area contributed by atoms with Gasteiger partial charge < -0.3 is 0 Å². The van der Waals surface area contributed by atoms with Crippen LogP contribution in [0.15, 0.2) is 30.3 Å². The van der Waals surface area contributed by atoms with E-state index < -0.39 is 8.03 Å². The minimum atomic E-state index is -1.97. The highest BCUT2D eigenvalue weighted by Gasteiger charge is 2.08. The molecule has 0 saturated heterocycles. The Hall–Kier alpha value is -0.430. The molecule has 1 N–H and O–H groups in total. The Balaban J connectivity index is 0.00000121. The third-order valence-electron chi connectivity index (χ3n) is 1.43. The molecule has 1 aromatic rings. The van der Waals surface area contributed by atoms with Crippen molar-refractivity contribution in [2.24, 2.45) is 0 Å². The average molecular weight is 206 g/mol. The van der Waals surface area contributed by atoms with Crippen molar-refractivity contribution >= 4 is 20.4 Å². The van der Waals surface area contributed by atoms with Crippen LogP contribution in [0.2, 0.25) is 0 Å². The number of hydrogen-bond donors (Lipinski definition) is 1. The Morgan fingerprint density at radius 2 is 1.83 bits per heavy atom. The van der Waals surface area contributed by atoms with Gasteiger partial charge in [0.25, 0.3) is 0 Å². The van der Waals surface area contributed by atoms with Gasteiger partial charge in [-0.1, -0.05) is 30.3 Å². The van der Waals surface area contributed by atoms with E-state index in [1.54, 1.807) is 0 Å². The zero-order chi connectivity index (χ0) is 8.10. The molecule has 2 nitrogen and oxygen atoms in total. The van der Waals surface area contributed by atoms with Gasteiger partial charge >= 0.3 is 8.03 Å². The molecule has 0 amide bonds. The van der Waals surface area contributed by atoms with E-state index in [9.17, 15) is 4.57 Å². The van der Waals surface area contributed by atoms with Gasteiger partial charge in [-0.25, -0.2) is 0 Å². The molecule has 1 aromatic carbocycles. The summed E-state index contributed by atoms with van der Waals surface area (Å²) in [7, 11) is -1.97. The van der Waals surface area contributed by atoms with Gasteiger partial charge in [0, 0.05) is 6.42 Å². The van der Waals surface area contributed by atoms with Crippen LogP contribution in [0.5, 0.6) is 0 Å². The Morgan fingerprint density at radius 1 is 1.25 bits per heavy atom. The van der Waals surface area contributed by atoms with Gasteiger partial charge in [0.2, 0.25) is 0 Å². The van der Waals surface area contributed by atoms with E-state index in [2.05, 4.69) is 0 Å². The Kier molecular flexibility index (Phi) is 5.91. The molecule has 0 aliphatic rings. The Morgan fingerprint density at radius 3 is 2.33 bits per heavy atom. The smallest absolute Gasteiger partial charge is 0.161 e. The lowest BCUT2D eigenvalue weighted by Gasteiger charge is -1.91. The summed E-state index contributed by atoms with van der Waals surface area (Å²) in [5, 5.41) is 0. The number of benzene rings is 1. The summed E-state index contributed by atoms with van der Waals surface area (Å²) >= 11 is 0. The third kappa shape index (κ3) is 4.45. The third-order valence-corrected chi connectivity index (χ3v) is 2.04. The predicted octanol–water partition coefficient (Wildman–Crippen LogP) is 2.39. The maximum absolute atomic E-state index is 10.3. The molecule has 0 radical (unpaired) electrons. The molecule has 0 aliphatic heterocycles. The van der Waals surface area contributed by atoms with E-state index in [1.807, 2.05) is 30.3 Å². The van der Waals surface area contributed by atoms with Crippen LogP contribution < -0.4 is 0 Å². The van der Waals surface area contributed by atoms with Crippen LogP contribution in [-0.4, -0.2) is 11.1 Å². The van der Waals surface area contributed by atoms with Gasteiger partial charge in [0.1, 0.15) is 0 Å². The minimum Gasteiger partial charge on any atom is -0.161 e. The standard InChI is InChI=1S/C8H9O2P.ClH/c9-11(10)7-6-8-4-2-1-3-5-8;/h1-5H,6-7H2;1H/p+1. The maximum Gasteiger partial charge on any atom is 0.505 e. The number of halogens is 1. The molecular formula is C8H11ClO2P+. The molecule has 0 spiro atoms. The summed E-state index contributed by atoms with van der Waals surface area (Å²) in [5.41, 5.74) is 1.12. The second kappa shape index (κ2) is 6.13. The van der Waals surface area contributed by atoms with Crippen molar-refractivity contribution in [3.05, 3.63) is 35.9 Å². The SMILES string of the molecule is Cl.O=[P+](O)CCc1ccccc1. The fourth-order valence-electron chi connectivity index (χ4n) is 0.869. The molecule has 4 heteroatoms. The monoisotopic (exact) mass is 205 g/mol. The summed E-state index contributed by atoms with van der Waals surface area (Å²) in [6, 6.07) is 9.71. The molecule has 0 fully saturated rings. The highest BCUT2D eigenvalue weighted by atomic mass is 35.5. The first-order valence-electron chi connectivity index (χ1n) is 3.46. The van der Waals surface area contributed by atoms with Gasteiger partial charge in [-0.3, -0.25) is 0 Å². The van der Waals surface area contributed by atoms with E-state index in [4.69, 9.17) is 4.89 Å². The maximum atomic E-state index is 10.3. The fraction of sp³-hybridized carbons (Fsp3) is 0.250. The number of rotatable bonds is 3. The molecular weight excluding hydrogens is 195 g/mol. The molecule has 0 saturated carbocycles. The molecule has 1 unspecified atom stereocenters. The van der Waals surface area contributed by atoms with E-state index in [0.29, 0.717) is 12.6 Å². The van der Waals surface area contributed by atoms with Crippen LogP contribution in [-0.2, 0) is 11.0 Å². The van der Waals surface area contributed by atoms with Crippen molar-refractivity contribution in [1.82, 2.24) is 0 Å². The average Bonchev–Trinajstić information content (AvgIpc) is 2.03. The molecule has 66 valence electrons. The Bertz CT molecular complexity index is 238. The van der Waals surface area contributed by atoms with E-state index in [1.165, 1.54) is 0 Å². The first-order chi connectivity index (χ1) is 5.29. The number of aryl methyl sites for hydroxylation is 1. The number of hydrogen-bond acceptors (Lipinski definition) is 1. The van der Waals surface area contributed by atoms with Crippen molar-refractivity contribution in [3.8, 4) is 0 Å². The normalized spacial score (nSPS) is 10.2. The van der Waals surface area contributed by atoms with Crippen LogP contribution in [0, 0.1) is 0 Å². The van der Waals surface area contributed by atoms with Crippen molar-refractivity contribution in [2.75, 3.05) is 6.16 Å². The van der Waals surface area contributed by atoms with Crippen LogP contribution in [0.1, 0.15) is 5.56 Å². The van der Waals surface area contributed by atoms with Gasteiger partial charge in [0.05, 0.1) is 0 Å². The molecule has 0 aromatic heterocycles. The van der Waals surface area contributed by atoms with Crippen LogP contribution in [0.3, 0.4) is 0 Å². The fourth-order valence-corrected chi connectivity index (χ4v) is 1.32. The van der Waals surface area contributed by atoms with Crippen molar-refractivity contribution < 1.29 is 9.46 Å². The van der Waals surface area contributed by atoms with Gasteiger partial charge in [0.15, 0.2) is 6.16 Å². The summed E-state index contributed by atoms with van der Waals surface area (Å²) in [4.78, 5) is 8.52. The van der Waals surface area contributed by atoms with Crippen LogP contribution in [0.4, 0.5) is 0 Å². The summed E-state index contributed by atoms with van der Waals surface area (Å²) < 4.78 is 10.3. The lowest BCUT2D eigenvalue weighted by molar-refractivity contribution is 0.502. The zero-order valence-electron chi connectivity index (χ0n) is 6.51. The first kappa shape index (κ1) is 11.6. The second-order valence-electron chi connectivity index (χ2n) is 2.31. The van der Waals surface area contributed by atoms with Crippen LogP contribution in [0.25, 0.3) is 0 Å². The lowest BCUT2D eigenvalue weighted by atomic mass is 10.2. The first-order valence-corrected chi connectivity index (χ1v) is 4.86. The van der Waals surface area contributed by atoms with Crippen LogP contribution >= 0.6 is 20.4 Å². The van der Waals surface area contributed by atoms with E-state index >= 15 is 0 Å². The Labute approximate surface area is 78.9 Å². The molecule has 1 rings (SSSR count). The molecule has 1 atom stereocenters.